The zero-order valence-electron chi connectivity index (χ0n) is 10.9. The predicted octanol–water partition coefficient (Wildman–Crippen LogP) is 2.83. The molecular weight excluding hydrogens is 293 g/mol. The summed E-state index contributed by atoms with van der Waals surface area (Å²) in [5.74, 6) is -14.7. The molecule has 0 aliphatic carbocycles. The van der Waals surface area contributed by atoms with Crippen LogP contribution in [-0.4, -0.2) is 28.5 Å². The molecule has 19 heavy (non-hydrogen) atoms. The maximum absolute atomic E-state index is 13.1. The van der Waals surface area contributed by atoms with Crippen LogP contribution in [0.5, 0.6) is 0 Å². The number of benzene rings is 2. The molecule has 102 valence electrons. The third-order valence-corrected chi connectivity index (χ3v) is 2.20. The molecular formula is C10H5F7MgO. The van der Waals surface area contributed by atoms with E-state index in [0.717, 1.165) is 0 Å². The molecule has 0 unspecified atom stereocenters. The first kappa shape index (κ1) is 17.9. The van der Waals surface area contributed by atoms with Crippen LogP contribution >= 0.6 is 0 Å². The van der Waals surface area contributed by atoms with E-state index < -0.39 is 51.5 Å². The fourth-order valence-corrected chi connectivity index (χ4v) is 1.40. The van der Waals surface area contributed by atoms with Crippen molar-refractivity contribution >= 4 is 33.8 Å². The molecule has 2 aromatic rings. The molecule has 1 nitrogen and oxygen atoms in total. The molecule has 9 heteroatoms. The van der Waals surface area contributed by atoms with E-state index in [1.165, 1.54) is 0 Å². The molecule has 0 spiro atoms. The van der Waals surface area contributed by atoms with E-state index in [2.05, 4.69) is 0 Å². The molecule has 0 saturated heterocycles. The van der Waals surface area contributed by atoms with Crippen molar-refractivity contribution in [3.8, 4) is 0 Å². The molecule has 0 fully saturated rings. The zero-order chi connectivity index (χ0) is 12.9. The first-order valence-corrected chi connectivity index (χ1v) is 4.15. The average Bonchev–Trinajstić information content (AvgIpc) is 2.30. The second-order valence-corrected chi connectivity index (χ2v) is 3.16. The molecule has 0 atom stereocenters. The minimum absolute atomic E-state index is 0. The van der Waals surface area contributed by atoms with Gasteiger partial charge in [0, 0.05) is 5.39 Å². The summed E-state index contributed by atoms with van der Waals surface area (Å²) >= 11 is 0. The van der Waals surface area contributed by atoms with Gasteiger partial charge in [-0.25, -0.2) is 30.7 Å². The van der Waals surface area contributed by atoms with E-state index in [0.29, 0.717) is 0 Å². The van der Waals surface area contributed by atoms with Crippen LogP contribution in [0.2, 0.25) is 0 Å². The minimum atomic E-state index is -2.29. The molecule has 0 bridgehead atoms. The van der Waals surface area contributed by atoms with Crippen LogP contribution in [0, 0.1) is 40.7 Å². The third kappa shape index (κ3) is 2.49. The van der Waals surface area contributed by atoms with Gasteiger partial charge in [-0.1, -0.05) is 0 Å². The quantitative estimate of drug-likeness (QED) is 0.310. The summed E-state index contributed by atoms with van der Waals surface area (Å²) in [4.78, 5) is 0. The largest absolute Gasteiger partial charge is 2.00 e. The zero-order valence-corrected chi connectivity index (χ0v) is 10.3. The van der Waals surface area contributed by atoms with Gasteiger partial charge in [-0.05, 0) is 6.07 Å². The van der Waals surface area contributed by atoms with Crippen molar-refractivity contribution in [2.24, 2.45) is 0 Å². The Hall–Kier alpha value is -1.06. The van der Waals surface area contributed by atoms with Gasteiger partial charge in [-0.15, -0.1) is 0 Å². The van der Waals surface area contributed by atoms with Crippen LogP contribution < -0.4 is 0 Å². The van der Waals surface area contributed by atoms with Gasteiger partial charge in [-0.2, -0.15) is 0 Å². The minimum Gasteiger partial charge on any atom is -1.00 e. The number of halogens is 7. The van der Waals surface area contributed by atoms with Crippen LogP contribution in [0.15, 0.2) is 6.07 Å². The van der Waals surface area contributed by atoms with Crippen LogP contribution in [0.3, 0.4) is 0 Å². The van der Waals surface area contributed by atoms with Gasteiger partial charge >= 0.3 is 23.1 Å². The smallest absolute Gasteiger partial charge is 1.00 e. The molecule has 0 radical (unpaired) electrons. The molecule has 2 aromatic carbocycles. The maximum atomic E-state index is 13.1. The summed E-state index contributed by atoms with van der Waals surface area (Å²) < 4.78 is 90.3. The molecule has 0 aromatic heterocycles. The van der Waals surface area contributed by atoms with E-state index in [4.69, 9.17) is 0 Å². The number of hydrogen-bond donors (Lipinski definition) is 0. The molecule has 2 N–H and O–H groups in total. The average molecular weight is 298 g/mol. The van der Waals surface area contributed by atoms with Crippen molar-refractivity contribution in [2.45, 2.75) is 0 Å². The van der Waals surface area contributed by atoms with E-state index >= 15 is 0 Å². The van der Waals surface area contributed by atoms with E-state index in [-0.39, 0.29) is 37.4 Å². The first-order valence-electron chi connectivity index (χ1n) is 4.15. The van der Waals surface area contributed by atoms with Gasteiger partial charge in [0.15, 0.2) is 40.7 Å². The molecule has 0 saturated carbocycles. The molecule has 2 rings (SSSR count). The van der Waals surface area contributed by atoms with Gasteiger partial charge in [0.1, 0.15) is 0 Å². The third-order valence-electron chi connectivity index (χ3n) is 2.20. The van der Waals surface area contributed by atoms with E-state index in [1.807, 2.05) is 0 Å². The Bertz CT molecular complexity index is 645. The Kier molecular flexibility index (Phi) is 5.60. The van der Waals surface area contributed by atoms with Gasteiger partial charge in [-0.3, -0.25) is 0 Å². The monoisotopic (exact) mass is 298 g/mol. The Labute approximate surface area is 120 Å². The second-order valence-electron chi connectivity index (χ2n) is 3.16. The molecule has 0 amide bonds. The first-order chi connectivity index (χ1) is 7.86. The Morgan fingerprint density at radius 1 is 0.632 bits per heavy atom. The molecule has 0 aliphatic rings. The number of hydrogen-bond acceptors (Lipinski definition) is 0. The SMILES string of the molecule is Fc1cc2c(F)c(F)c(F)c(F)c2c(F)c1F.O.[H-].[H-].[Mg+2]. The number of rotatable bonds is 0. The normalized spacial score (nSPS) is 10.1. The summed E-state index contributed by atoms with van der Waals surface area (Å²) in [6, 6.07) is 0.0503. The van der Waals surface area contributed by atoms with E-state index in [1.54, 1.807) is 0 Å². The fourth-order valence-electron chi connectivity index (χ4n) is 1.40. The van der Waals surface area contributed by atoms with E-state index in [9.17, 15) is 30.7 Å². The van der Waals surface area contributed by atoms with Gasteiger partial charge in [0.2, 0.25) is 0 Å². The Balaban J connectivity index is -0.000000810. The summed E-state index contributed by atoms with van der Waals surface area (Å²) in [6.07, 6.45) is 0. The van der Waals surface area contributed by atoms with Crippen molar-refractivity contribution in [1.82, 2.24) is 0 Å². The number of fused-ring (bicyclic) bond motifs is 1. The topological polar surface area (TPSA) is 31.5 Å². The summed E-state index contributed by atoms with van der Waals surface area (Å²) in [5.41, 5.74) is 0. The van der Waals surface area contributed by atoms with Crippen LogP contribution in [0.25, 0.3) is 10.8 Å². The standard InChI is InChI=1S/C10HF7.Mg.H2O.2H/c11-3-1-2-4(7(14)6(3)13)8(15)10(17)9(16)5(2)12;;;;/h1H;;1H2;;/q;+2;;2*-1. The Morgan fingerprint density at radius 3 is 1.58 bits per heavy atom. The van der Waals surface area contributed by atoms with Gasteiger partial charge < -0.3 is 8.33 Å². The van der Waals surface area contributed by atoms with Crippen LogP contribution in [-0.2, 0) is 0 Å². The second kappa shape index (κ2) is 5.93. The van der Waals surface area contributed by atoms with Crippen LogP contribution in [0.4, 0.5) is 30.7 Å². The van der Waals surface area contributed by atoms with Crippen molar-refractivity contribution in [3.05, 3.63) is 46.8 Å². The predicted molar refractivity (Wildman–Crippen MR) is 55.2 cm³/mol. The van der Waals surface area contributed by atoms with Crippen molar-refractivity contribution in [3.63, 3.8) is 0 Å². The maximum Gasteiger partial charge on any atom is 2.00 e. The summed E-state index contributed by atoms with van der Waals surface area (Å²) in [5, 5.41) is -2.68. The fraction of sp³-hybridized carbons (Fsp3) is 0. The Morgan fingerprint density at radius 2 is 1.05 bits per heavy atom. The van der Waals surface area contributed by atoms with Crippen molar-refractivity contribution in [2.75, 3.05) is 0 Å². The molecule has 0 heterocycles. The van der Waals surface area contributed by atoms with Crippen LogP contribution in [0.1, 0.15) is 2.85 Å². The van der Waals surface area contributed by atoms with Gasteiger partial charge in [0.25, 0.3) is 0 Å². The van der Waals surface area contributed by atoms with Crippen molar-refractivity contribution < 1.29 is 39.1 Å². The summed E-state index contributed by atoms with van der Waals surface area (Å²) in [7, 11) is 0. The van der Waals surface area contributed by atoms with Crippen molar-refractivity contribution in [1.29, 1.82) is 0 Å². The molecule has 0 aliphatic heterocycles. The van der Waals surface area contributed by atoms with Gasteiger partial charge in [0.05, 0.1) is 5.39 Å². The summed E-state index contributed by atoms with van der Waals surface area (Å²) in [6.45, 7) is 0.